The summed E-state index contributed by atoms with van der Waals surface area (Å²) in [4.78, 5) is 26.3. The molecule has 3 aliphatic rings. The van der Waals surface area contributed by atoms with E-state index < -0.39 is 6.03 Å². The Morgan fingerprint density at radius 3 is 2.60 bits per heavy atom. The van der Waals surface area contributed by atoms with Gasteiger partial charge in [0, 0.05) is 19.1 Å². The van der Waals surface area contributed by atoms with Crippen LogP contribution >= 0.6 is 0 Å². The predicted octanol–water partition coefficient (Wildman–Crippen LogP) is 2.30. The van der Waals surface area contributed by atoms with E-state index in [0.717, 1.165) is 19.3 Å². The van der Waals surface area contributed by atoms with Crippen molar-refractivity contribution in [3.63, 3.8) is 0 Å². The van der Waals surface area contributed by atoms with Crippen molar-refractivity contribution in [1.29, 1.82) is 0 Å². The quantitative estimate of drug-likeness (QED) is 0.882. The highest BCUT2D eigenvalue weighted by atomic mass is 16.2. The van der Waals surface area contributed by atoms with Gasteiger partial charge in [0.15, 0.2) is 0 Å². The summed E-state index contributed by atoms with van der Waals surface area (Å²) in [6.45, 7) is 1.18. The largest absolute Gasteiger partial charge is 0.351 e. The number of carbonyl (C=O) groups excluding carboxylic acids is 2. The molecule has 3 N–H and O–H groups in total. The van der Waals surface area contributed by atoms with Crippen LogP contribution < -0.4 is 11.1 Å². The summed E-state index contributed by atoms with van der Waals surface area (Å²) in [6.07, 6.45) is 6.26. The highest BCUT2D eigenvalue weighted by molar-refractivity contribution is 5.84. The van der Waals surface area contributed by atoms with E-state index in [0.29, 0.717) is 24.9 Å². The molecule has 0 spiro atoms. The standard InChI is InChI=1S/C20H27N3O2/c21-19(25)23-9-8-17(13-23)22-18(24)20(11-14-4-2-1-3-5-14)12-15-6-7-16(20)10-15/h1-5,15-17H,6-13H2,(H2,21,25)(H,22,24)/t15-,16-,17-,20+/m0/s1. The molecule has 4 rings (SSSR count). The highest BCUT2D eigenvalue weighted by Gasteiger charge is 2.55. The molecule has 134 valence electrons. The van der Waals surface area contributed by atoms with E-state index in [9.17, 15) is 9.59 Å². The number of nitrogens with one attached hydrogen (secondary N) is 1. The number of urea groups is 1. The first-order chi connectivity index (χ1) is 12.1. The fraction of sp³-hybridized carbons (Fsp3) is 0.600. The normalized spacial score (nSPS) is 33.6. The number of nitrogens with zero attached hydrogens (tertiary/aromatic N) is 1. The molecule has 0 unspecified atom stereocenters. The Labute approximate surface area is 148 Å². The number of likely N-dealkylation sites (tertiary alicyclic amines) is 1. The predicted molar refractivity (Wildman–Crippen MR) is 95.7 cm³/mol. The van der Waals surface area contributed by atoms with Gasteiger partial charge in [0.1, 0.15) is 0 Å². The summed E-state index contributed by atoms with van der Waals surface area (Å²) >= 11 is 0. The number of amides is 3. The second-order valence-corrected chi connectivity index (χ2v) is 8.14. The average molecular weight is 341 g/mol. The van der Waals surface area contributed by atoms with Crippen LogP contribution in [0, 0.1) is 17.3 Å². The lowest BCUT2D eigenvalue weighted by Gasteiger charge is -2.37. The zero-order valence-corrected chi connectivity index (χ0v) is 14.6. The fourth-order valence-electron chi connectivity index (χ4n) is 5.39. The topological polar surface area (TPSA) is 75.4 Å². The van der Waals surface area contributed by atoms with Crippen molar-refractivity contribution in [2.45, 2.75) is 44.6 Å². The van der Waals surface area contributed by atoms with Crippen molar-refractivity contribution in [2.75, 3.05) is 13.1 Å². The molecule has 1 aromatic carbocycles. The van der Waals surface area contributed by atoms with Crippen LogP contribution in [0.4, 0.5) is 4.79 Å². The van der Waals surface area contributed by atoms with E-state index >= 15 is 0 Å². The fourth-order valence-corrected chi connectivity index (χ4v) is 5.39. The van der Waals surface area contributed by atoms with Crippen molar-refractivity contribution in [3.05, 3.63) is 35.9 Å². The molecule has 4 atom stereocenters. The average Bonchev–Trinajstić information content (AvgIpc) is 3.31. The molecule has 2 aliphatic carbocycles. The van der Waals surface area contributed by atoms with Gasteiger partial charge >= 0.3 is 6.03 Å². The molecule has 5 nitrogen and oxygen atoms in total. The minimum atomic E-state index is -0.393. The molecule has 2 saturated carbocycles. The lowest BCUT2D eigenvalue weighted by molar-refractivity contribution is -0.134. The van der Waals surface area contributed by atoms with Crippen LogP contribution in [0.5, 0.6) is 0 Å². The van der Waals surface area contributed by atoms with Crippen LogP contribution in [0.2, 0.25) is 0 Å². The number of hydrogen-bond acceptors (Lipinski definition) is 2. The molecular formula is C20H27N3O2. The maximum atomic E-state index is 13.3. The van der Waals surface area contributed by atoms with E-state index in [1.807, 2.05) is 6.07 Å². The summed E-state index contributed by atoms with van der Waals surface area (Å²) in [7, 11) is 0. The van der Waals surface area contributed by atoms with Crippen molar-refractivity contribution < 1.29 is 9.59 Å². The first-order valence-corrected chi connectivity index (χ1v) is 9.46. The summed E-state index contributed by atoms with van der Waals surface area (Å²) in [5.41, 5.74) is 6.34. The second-order valence-electron chi connectivity index (χ2n) is 8.14. The molecule has 0 radical (unpaired) electrons. The SMILES string of the molecule is NC(=O)N1CC[C@H](NC(=O)[C@]2(Cc3ccccc3)C[C@H]3CC[C@H]2C3)C1. The van der Waals surface area contributed by atoms with Gasteiger partial charge in [-0.1, -0.05) is 36.8 Å². The Kier molecular flexibility index (Phi) is 4.18. The monoisotopic (exact) mass is 341 g/mol. The van der Waals surface area contributed by atoms with Crippen LogP contribution in [-0.2, 0) is 11.2 Å². The highest BCUT2D eigenvalue weighted by Crippen LogP contribution is 2.57. The number of primary amides is 1. The van der Waals surface area contributed by atoms with Crippen molar-refractivity contribution >= 4 is 11.9 Å². The molecule has 3 fully saturated rings. The Morgan fingerprint density at radius 2 is 2.00 bits per heavy atom. The van der Waals surface area contributed by atoms with E-state index in [4.69, 9.17) is 5.73 Å². The molecule has 1 saturated heterocycles. The van der Waals surface area contributed by atoms with Crippen LogP contribution in [0.25, 0.3) is 0 Å². The third-order valence-corrected chi connectivity index (χ3v) is 6.63. The molecule has 5 heteroatoms. The van der Waals surface area contributed by atoms with Gasteiger partial charge in [0.25, 0.3) is 0 Å². The molecule has 25 heavy (non-hydrogen) atoms. The summed E-state index contributed by atoms with van der Waals surface area (Å²) in [5.74, 6) is 1.39. The maximum absolute atomic E-state index is 13.3. The molecule has 3 amide bonds. The van der Waals surface area contributed by atoms with Gasteiger partial charge in [-0.15, -0.1) is 0 Å². The van der Waals surface area contributed by atoms with Crippen molar-refractivity contribution in [1.82, 2.24) is 10.2 Å². The molecule has 2 bridgehead atoms. The van der Waals surface area contributed by atoms with Gasteiger partial charge in [0.2, 0.25) is 5.91 Å². The van der Waals surface area contributed by atoms with Crippen molar-refractivity contribution in [2.24, 2.45) is 23.0 Å². The lowest BCUT2D eigenvalue weighted by Crippen LogP contribution is -2.50. The Morgan fingerprint density at radius 1 is 1.20 bits per heavy atom. The molecule has 1 aromatic rings. The Balaban J connectivity index is 1.51. The van der Waals surface area contributed by atoms with Crippen LogP contribution in [0.15, 0.2) is 30.3 Å². The third-order valence-electron chi connectivity index (χ3n) is 6.63. The van der Waals surface area contributed by atoms with E-state index in [1.54, 1.807) is 4.90 Å². The number of rotatable bonds is 4. The number of benzene rings is 1. The van der Waals surface area contributed by atoms with E-state index in [2.05, 4.69) is 29.6 Å². The first kappa shape index (κ1) is 16.4. The van der Waals surface area contributed by atoms with Gasteiger partial charge in [0.05, 0.1) is 5.41 Å². The van der Waals surface area contributed by atoms with Crippen LogP contribution in [-0.4, -0.2) is 36.0 Å². The van der Waals surface area contributed by atoms with Crippen LogP contribution in [0.1, 0.15) is 37.7 Å². The smallest absolute Gasteiger partial charge is 0.314 e. The number of nitrogens with two attached hydrogens (primary N) is 1. The van der Waals surface area contributed by atoms with Gasteiger partial charge in [-0.2, -0.15) is 0 Å². The Hall–Kier alpha value is -2.04. The van der Waals surface area contributed by atoms with Crippen molar-refractivity contribution in [3.8, 4) is 0 Å². The minimum Gasteiger partial charge on any atom is -0.351 e. The molecule has 1 heterocycles. The van der Waals surface area contributed by atoms with E-state index in [1.165, 1.54) is 24.8 Å². The van der Waals surface area contributed by atoms with Crippen LogP contribution in [0.3, 0.4) is 0 Å². The van der Waals surface area contributed by atoms with Gasteiger partial charge in [-0.3, -0.25) is 4.79 Å². The maximum Gasteiger partial charge on any atom is 0.314 e. The molecule has 1 aliphatic heterocycles. The second kappa shape index (κ2) is 6.36. The minimum absolute atomic E-state index is 0.0341. The van der Waals surface area contributed by atoms with Gasteiger partial charge in [-0.25, -0.2) is 4.79 Å². The number of carbonyl (C=O) groups is 2. The summed E-state index contributed by atoms with van der Waals surface area (Å²) in [5, 5.41) is 3.26. The zero-order valence-electron chi connectivity index (χ0n) is 14.6. The Bertz CT molecular complexity index is 662. The van der Waals surface area contributed by atoms with Gasteiger partial charge < -0.3 is 16.0 Å². The summed E-state index contributed by atoms with van der Waals surface area (Å²) < 4.78 is 0. The third kappa shape index (κ3) is 3.00. The molecule has 0 aromatic heterocycles. The number of hydrogen-bond donors (Lipinski definition) is 2. The van der Waals surface area contributed by atoms with E-state index in [-0.39, 0.29) is 17.4 Å². The lowest BCUT2D eigenvalue weighted by atomic mass is 9.68. The number of fused-ring (bicyclic) bond motifs is 2. The zero-order chi connectivity index (χ0) is 17.4. The summed E-state index contributed by atoms with van der Waals surface area (Å²) in [6, 6.07) is 10.0. The molecular weight excluding hydrogens is 314 g/mol. The first-order valence-electron chi connectivity index (χ1n) is 9.46. The van der Waals surface area contributed by atoms with Gasteiger partial charge in [-0.05, 0) is 49.5 Å².